The van der Waals surface area contributed by atoms with Gasteiger partial charge in [0.1, 0.15) is 0 Å². The van der Waals surface area contributed by atoms with Crippen LogP contribution in [0.4, 0.5) is 0 Å². The van der Waals surface area contributed by atoms with Crippen LogP contribution in [0.15, 0.2) is 0 Å². The minimum absolute atomic E-state index is 0.907. The van der Waals surface area contributed by atoms with Gasteiger partial charge in [-0.2, -0.15) is 0 Å². The second-order valence-electron chi connectivity index (χ2n) is 4.91. The maximum atomic E-state index is 2.47. The van der Waals surface area contributed by atoms with Crippen molar-refractivity contribution >= 4 is 0 Å². The van der Waals surface area contributed by atoms with Crippen LogP contribution in [0.1, 0.15) is 33.1 Å². The van der Waals surface area contributed by atoms with E-state index in [0.29, 0.717) is 0 Å². The second kappa shape index (κ2) is 1.31. The monoisotopic (exact) mass is 136 g/mol. The summed E-state index contributed by atoms with van der Waals surface area (Å²) in [6, 6.07) is 0. The number of hydrogen-bond acceptors (Lipinski definition) is 0. The summed E-state index contributed by atoms with van der Waals surface area (Å²) in [4.78, 5) is 0. The Bertz CT molecular complexity index is 180. The summed E-state index contributed by atoms with van der Waals surface area (Å²) in [5.41, 5.74) is 0.907. The van der Waals surface area contributed by atoms with E-state index in [1.165, 1.54) is 11.8 Å². The van der Waals surface area contributed by atoms with Crippen LogP contribution in [-0.2, 0) is 0 Å². The molecule has 10 heavy (non-hydrogen) atoms. The van der Waals surface area contributed by atoms with Gasteiger partial charge in [0.05, 0.1) is 0 Å². The average Bonchev–Trinajstić information content (AvgIpc) is 2.40. The van der Waals surface area contributed by atoms with Gasteiger partial charge in [0.2, 0.25) is 0 Å². The lowest BCUT2D eigenvalue weighted by atomic mass is 9.38. The summed E-state index contributed by atoms with van der Waals surface area (Å²) in [6.45, 7) is 4.94. The van der Waals surface area contributed by atoms with E-state index >= 15 is 0 Å². The number of fused-ring (bicyclic) bond motifs is 1. The molecule has 0 nitrogen and oxygen atoms in total. The highest BCUT2D eigenvalue weighted by Crippen LogP contribution is 2.77. The molecular weight excluding hydrogens is 120 g/mol. The maximum Gasteiger partial charge on any atom is -0.0233 e. The van der Waals surface area contributed by atoms with Gasteiger partial charge in [0.15, 0.2) is 0 Å². The van der Waals surface area contributed by atoms with Crippen LogP contribution < -0.4 is 0 Å². The molecule has 0 heterocycles. The first kappa shape index (κ1) is 5.62. The second-order valence-corrected chi connectivity index (χ2v) is 4.91. The molecule has 4 fully saturated rings. The maximum absolute atomic E-state index is 2.47. The molecule has 1 spiro atoms. The van der Waals surface area contributed by atoms with Gasteiger partial charge in [-0.3, -0.25) is 0 Å². The van der Waals surface area contributed by atoms with Crippen molar-refractivity contribution in [3.05, 3.63) is 0 Å². The van der Waals surface area contributed by atoms with E-state index < -0.39 is 0 Å². The van der Waals surface area contributed by atoms with Gasteiger partial charge in [-0.15, -0.1) is 0 Å². The lowest BCUT2D eigenvalue weighted by Crippen LogP contribution is -2.60. The van der Waals surface area contributed by atoms with Crippen molar-refractivity contribution in [3.8, 4) is 0 Å². The summed E-state index contributed by atoms with van der Waals surface area (Å²) in [5, 5.41) is 0. The molecule has 4 rings (SSSR count). The molecule has 4 aliphatic carbocycles. The first-order valence-corrected chi connectivity index (χ1v) is 4.76. The highest BCUT2D eigenvalue weighted by atomic mass is 14.7. The topological polar surface area (TPSA) is 0 Å². The first-order valence-electron chi connectivity index (χ1n) is 4.76. The van der Waals surface area contributed by atoms with Crippen LogP contribution in [0, 0.1) is 29.1 Å². The quantitative estimate of drug-likeness (QED) is 0.480. The Morgan fingerprint density at radius 2 is 2.10 bits per heavy atom. The molecular formula is C10H16. The van der Waals surface area contributed by atoms with E-state index in [9.17, 15) is 0 Å². The normalized spacial score (nSPS) is 70.2. The van der Waals surface area contributed by atoms with Crippen LogP contribution in [0.2, 0.25) is 0 Å². The van der Waals surface area contributed by atoms with Gasteiger partial charge in [-0.1, -0.05) is 13.8 Å². The lowest BCUT2D eigenvalue weighted by molar-refractivity contribution is -0.182. The molecule has 5 unspecified atom stereocenters. The van der Waals surface area contributed by atoms with E-state index in [2.05, 4.69) is 13.8 Å². The van der Waals surface area contributed by atoms with Gasteiger partial charge in [-0.05, 0) is 48.3 Å². The largest absolute Gasteiger partial charge is 0.0619 e. The Morgan fingerprint density at radius 3 is 2.70 bits per heavy atom. The number of rotatable bonds is 0. The predicted molar refractivity (Wildman–Crippen MR) is 41.6 cm³/mol. The minimum atomic E-state index is 0.907. The Hall–Kier alpha value is 0. The molecule has 0 aromatic carbocycles. The van der Waals surface area contributed by atoms with Crippen LogP contribution in [-0.4, -0.2) is 0 Å². The fourth-order valence-electron chi connectivity index (χ4n) is 4.45. The Labute approximate surface area is 63.0 Å². The van der Waals surface area contributed by atoms with Crippen molar-refractivity contribution in [2.24, 2.45) is 29.1 Å². The van der Waals surface area contributed by atoms with Crippen molar-refractivity contribution < 1.29 is 0 Å². The number of hydrogen-bond donors (Lipinski definition) is 0. The van der Waals surface area contributed by atoms with Crippen molar-refractivity contribution in [2.45, 2.75) is 33.1 Å². The molecule has 0 heteroatoms. The standard InChI is InChI=1S/C10H16/c1-6-7(2)10-4-3-8(5-10)9(6)10/h6-9H,3-5H2,1-2H3. The summed E-state index contributed by atoms with van der Waals surface area (Å²) >= 11 is 0. The van der Waals surface area contributed by atoms with E-state index in [1.807, 2.05) is 0 Å². The molecule has 0 saturated heterocycles. The Kier molecular flexibility index (Phi) is 0.735. The van der Waals surface area contributed by atoms with Crippen molar-refractivity contribution in [3.63, 3.8) is 0 Å². The predicted octanol–water partition coefficient (Wildman–Crippen LogP) is 2.69. The highest BCUT2D eigenvalue weighted by Gasteiger charge is 2.70. The van der Waals surface area contributed by atoms with E-state index in [0.717, 1.165) is 17.3 Å². The highest BCUT2D eigenvalue weighted by molar-refractivity contribution is 5.19. The van der Waals surface area contributed by atoms with Gasteiger partial charge in [-0.25, -0.2) is 0 Å². The van der Waals surface area contributed by atoms with E-state index in [1.54, 1.807) is 19.3 Å². The third-order valence-corrected chi connectivity index (χ3v) is 5.06. The van der Waals surface area contributed by atoms with Gasteiger partial charge < -0.3 is 0 Å². The Balaban J connectivity index is 1.98. The fourth-order valence-corrected chi connectivity index (χ4v) is 4.45. The molecule has 0 aliphatic heterocycles. The van der Waals surface area contributed by atoms with Crippen LogP contribution in [0.5, 0.6) is 0 Å². The third kappa shape index (κ3) is 0.320. The van der Waals surface area contributed by atoms with E-state index in [-0.39, 0.29) is 0 Å². The first-order chi connectivity index (χ1) is 4.76. The van der Waals surface area contributed by atoms with Crippen LogP contribution in [0.25, 0.3) is 0 Å². The van der Waals surface area contributed by atoms with E-state index in [4.69, 9.17) is 0 Å². The zero-order chi connectivity index (χ0) is 6.93. The van der Waals surface area contributed by atoms with Gasteiger partial charge in [0, 0.05) is 0 Å². The van der Waals surface area contributed by atoms with Gasteiger partial charge >= 0.3 is 0 Å². The Morgan fingerprint density at radius 1 is 1.30 bits per heavy atom. The van der Waals surface area contributed by atoms with Crippen LogP contribution in [0.3, 0.4) is 0 Å². The molecule has 0 amide bonds. The van der Waals surface area contributed by atoms with Crippen LogP contribution >= 0.6 is 0 Å². The molecule has 56 valence electrons. The lowest BCUT2D eigenvalue weighted by Gasteiger charge is -2.66. The van der Waals surface area contributed by atoms with Crippen molar-refractivity contribution in [1.82, 2.24) is 0 Å². The SMILES string of the molecule is CC1C(C)C23CCC(C2)C13. The molecule has 4 aliphatic rings. The minimum Gasteiger partial charge on any atom is -0.0619 e. The summed E-state index contributed by atoms with van der Waals surface area (Å²) < 4.78 is 0. The molecule has 4 saturated carbocycles. The zero-order valence-electron chi connectivity index (χ0n) is 6.93. The van der Waals surface area contributed by atoms with Crippen molar-refractivity contribution in [1.29, 1.82) is 0 Å². The summed E-state index contributed by atoms with van der Waals surface area (Å²) in [6.07, 6.45) is 4.75. The molecule has 0 aromatic heterocycles. The smallest absolute Gasteiger partial charge is 0.0233 e. The summed E-state index contributed by atoms with van der Waals surface area (Å²) in [5.74, 6) is 4.49. The van der Waals surface area contributed by atoms with Gasteiger partial charge in [0.25, 0.3) is 0 Å². The molecule has 2 bridgehead atoms. The summed E-state index contributed by atoms with van der Waals surface area (Å²) in [7, 11) is 0. The molecule has 5 atom stereocenters. The third-order valence-electron chi connectivity index (χ3n) is 5.06. The zero-order valence-corrected chi connectivity index (χ0v) is 6.93. The fraction of sp³-hybridized carbons (Fsp3) is 1.00. The average molecular weight is 136 g/mol. The van der Waals surface area contributed by atoms with Crippen molar-refractivity contribution in [2.75, 3.05) is 0 Å². The molecule has 0 N–H and O–H groups in total. The molecule has 0 radical (unpaired) electrons. The molecule has 0 aromatic rings.